The van der Waals surface area contributed by atoms with Gasteiger partial charge >= 0.3 is 0 Å². The molecule has 0 atom stereocenters. The molecule has 132 valence electrons. The van der Waals surface area contributed by atoms with Crippen LogP contribution in [0, 0.1) is 0 Å². The van der Waals surface area contributed by atoms with Gasteiger partial charge in [0.05, 0.1) is 4.90 Å². The van der Waals surface area contributed by atoms with Gasteiger partial charge in [0.2, 0.25) is 15.9 Å². The predicted molar refractivity (Wildman–Crippen MR) is 95.8 cm³/mol. The second-order valence-corrected chi connectivity index (χ2v) is 7.82. The summed E-state index contributed by atoms with van der Waals surface area (Å²) in [6, 6.07) is 10.5. The van der Waals surface area contributed by atoms with Crippen molar-refractivity contribution >= 4 is 21.7 Å². The van der Waals surface area contributed by atoms with Crippen molar-refractivity contribution in [3.05, 3.63) is 53.7 Å². The van der Waals surface area contributed by atoms with Crippen LogP contribution >= 0.6 is 0 Å². The van der Waals surface area contributed by atoms with E-state index in [9.17, 15) is 13.2 Å². The zero-order valence-electron chi connectivity index (χ0n) is 13.9. The van der Waals surface area contributed by atoms with Crippen molar-refractivity contribution in [2.45, 2.75) is 37.0 Å². The largest absolute Gasteiger partial charge is 0.311 e. The molecule has 1 aliphatic carbocycles. The van der Waals surface area contributed by atoms with Crippen molar-refractivity contribution in [3.8, 4) is 0 Å². The van der Waals surface area contributed by atoms with Gasteiger partial charge in [0, 0.05) is 19.2 Å². The van der Waals surface area contributed by atoms with E-state index in [1.165, 1.54) is 5.56 Å². The van der Waals surface area contributed by atoms with Gasteiger partial charge in [-0.25, -0.2) is 18.1 Å². The highest BCUT2D eigenvalue weighted by Gasteiger charge is 2.17. The average molecular weight is 359 g/mol. The number of pyridine rings is 1. The second kappa shape index (κ2) is 7.76. The van der Waals surface area contributed by atoms with Gasteiger partial charge in [0.25, 0.3) is 0 Å². The van der Waals surface area contributed by atoms with Crippen molar-refractivity contribution in [3.63, 3.8) is 0 Å². The molecule has 7 heteroatoms. The minimum atomic E-state index is -3.61. The van der Waals surface area contributed by atoms with E-state index in [-0.39, 0.29) is 23.8 Å². The van der Waals surface area contributed by atoms with Crippen molar-refractivity contribution in [2.24, 2.45) is 0 Å². The highest BCUT2D eigenvalue weighted by atomic mass is 32.2. The van der Waals surface area contributed by atoms with Crippen LogP contribution in [0.25, 0.3) is 0 Å². The number of aryl methyl sites for hydroxylation is 2. The molecule has 2 aromatic rings. The Morgan fingerprint density at radius 2 is 1.88 bits per heavy atom. The highest BCUT2D eigenvalue weighted by molar-refractivity contribution is 7.89. The van der Waals surface area contributed by atoms with Gasteiger partial charge in [0.15, 0.2) is 0 Å². The summed E-state index contributed by atoms with van der Waals surface area (Å²) in [6.45, 7) is 0.0398. The number of aromatic nitrogens is 1. The Morgan fingerprint density at radius 3 is 2.64 bits per heavy atom. The Labute approximate surface area is 147 Å². The number of nitrogens with one attached hydrogen (secondary N) is 2. The molecule has 0 spiro atoms. The minimum absolute atomic E-state index is 0.0398. The smallest absolute Gasteiger partial charge is 0.240 e. The fourth-order valence-corrected chi connectivity index (χ4v) is 3.98. The van der Waals surface area contributed by atoms with Gasteiger partial charge in [-0.2, -0.15) is 0 Å². The molecule has 1 heterocycles. The quantitative estimate of drug-likeness (QED) is 0.828. The number of hydrogen-bond donors (Lipinski definition) is 2. The number of rotatable bonds is 6. The van der Waals surface area contributed by atoms with E-state index >= 15 is 0 Å². The van der Waals surface area contributed by atoms with E-state index < -0.39 is 10.0 Å². The normalized spacial score (nSPS) is 13.9. The summed E-state index contributed by atoms with van der Waals surface area (Å²) in [5.74, 6) is 0.164. The molecule has 0 aliphatic heterocycles. The molecule has 3 rings (SSSR count). The highest BCUT2D eigenvalue weighted by Crippen LogP contribution is 2.24. The van der Waals surface area contributed by atoms with Gasteiger partial charge in [-0.1, -0.05) is 12.1 Å². The summed E-state index contributed by atoms with van der Waals surface area (Å²) in [5, 5.41) is 2.62. The third kappa shape index (κ3) is 4.64. The number of amides is 1. The van der Waals surface area contributed by atoms with Crippen LogP contribution in [0.5, 0.6) is 0 Å². The monoisotopic (exact) mass is 359 g/mol. The van der Waals surface area contributed by atoms with Crippen molar-refractivity contribution in [1.82, 2.24) is 9.71 Å². The number of carbonyl (C=O) groups is 1. The lowest BCUT2D eigenvalue weighted by molar-refractivity contribution is -0.116. The third-order valence-electron chi connectivity index (χ3n) is 4.21. The van der Waals surface area contributed by atoms with Gasteiger partial charge in [-0.3, -0.25) is 4.79 Å². The molecule has 1 aliphatic rings. The average Bonchev–Trinajstić information content (AvgIpc) is 2.62. The first-order valence-corrected chi connectivity index (χ1v) is 9.85. The summed E-state index contributed by atoms with van der Waals surface area (Å²) in [7, 11) is -3.61. The molecule has 2 N–H and O–H groups in total. The number of benzene rings is 1. The number of carbonyl (C=O) groups excluding carboxylic acids is 1. The van der Waals surface area contributed by atoms with Crippen LogP contribution in [-0.4, -0.2) is 25.9 Å². The Morgan fingerprint density at radius 1 is 1.08 bits per heavy atom. The summed E-state index contributed by atoms with van der Waals surface area (Å²) >= 11 is 0. The van der Waals surface area contributed by atoms with Crippen LogP contribution in [0.4, 0.5) is 5.82 Å². The Bertz CT molecular complexity index is 851. The first kappa shape index (κ1) is 17.6. The molecular weight excluding hydrogens is 338 g/mol. The van der Waals surface area contributed by atoms with E-state index in [4.69, 9.17) is 0 Å². The van der Waals surface area contributed by atoms with Crippen molar-refractivity contribution in [1.29, 1.82) is 0 Å². The maximum absolute atomic E-state index is 12.4. The molecule has 25 heavy (non-hydrogen) atoms. The summed E-state index contributed by atoms with van der Waals surface area (Å²) in [6.07, 6.45) is 5.80. The van der Waals surface area contributed by atoms with Gasteiger partial charge < -0.3 is 5.32 Å². The zero-order chi connectivity index (χ0) is 17.7. The SMILES string of the molecule is O=C(CCNS(=O)(=O)c1ccc2c(c1)CCCC2)Nc1ccccn1. The first-order valence-electron chi connectivity index (χ1n) is 8.37. The maximum atomic E-state index is 12.4. The van der Waals surface area contributed by atoms with Crippen molar-refractivity contribution in [2.75, 3.05) is 11.9 Å². The molecule has 0 radical (unpaired) electrons. The predicted octanol–water partition coefficient (Wildman–Crippen LogP) is 2.27. The van der Waals surface area contributed by atoms with Gasteiger partial charge in [-0.05, 0) is 61.1 Å². The molecule has 1 aromatic heterocycles. The van der Waals surface area contributed by atoms with Crippen LogP contribution in [0.3, 0.4) is 0 Å². The minimum Gasteiger partial charge on any atom is -0.311 e. The van der Waals surface area contributed by atoms with E-state index in [0.717, 1.165) is 31.2 Å². The Kier molecular flexibility index (Phi) is 5.45. The lowest BCUT2D eigenvalue weighted by atomic mass is 9.92. The fraction of sp³-hybridized carbons (Fsp3) is 0.333. The topological polar surface area (TPSA) is 88.2 Å². The van der Waals surface area contributed by atoms with Crippen LogP contribution in [0.15, 0.2) is 47.5 Å². The van der Waals surface area contributed by atoms with Gasteiger partial charge in [0.1, 0.15) is 5.82 Å². The molecule has 0 unspecified atom stereocenters. The van der Waals surface area contributed by atoms with Crippen LogP contribution in [0.1, 0.15) is 30.4 Å². The molecule has 1 amide bonds. The first-order chi connectivity index (χ1) is 12.0. The number of nitrogens with zero attached hydrogens (tertiary/aromatic N) is 1. The molecule has 0 bridgehead atoms. The second-order valence-electron chi connectivity index (χ2n) is 6.05. The van der Waals surface area contributed by atoms with Crippen LogP contribution < -0.4 is 10.0 Å². The Balaban J connectivity index is 1.56. The van der Waals surface area contributed by atoms with E-state index in [1.54, 1.807) is 36.5 Å². The molecule has 6 nitrogen and oxygen atoms in total. The summed E-state index contributed by atoms with van der Waals surface area (Å²) < 4.78 is 27.3. The van der Waals surface area contributed by atoms with E-state index in [0.29, 0.717) is 5.82 Å². The standard InChI is InChI=1S/C18H21N3O3S/c22-18(21-17-7-3-4-11-19-17)10-12-20-25(23,24)16-9-8-14-5-1-2-6-15(14)13-16/h3-4,7-9,11,13,20H,1-2,5-6,10,12H2,(H,19,21,22). The van der Waals surface area contributed by atoms with Crippen LogP contribution in [0.2, 0.25) is 0 Å². The lowest BCUT2D eigenvalue weighted by Gasteiger charge is -2.16. The number of hydrogen-bond acceptors (Lipinski definition) is 4. The van der Waals surface area contributed by atoms with Crippen molar-refractivity contribution < 1.29 is 13.2 Å². The van der Waals surface area contributed by atoms with Crippen LogP contribution in [-0.2, 0) is 27.7 Å². The molecule has 0 fully saturated rings. The molecule has 0 saturated heterocycles. The van der Waals surface area contributed by atoms with E-state index in [2.05, 4.69) is 15.0 Å². The molecule has 1 aromatic carbocycles. The maximum Gasteiger partial charge on any atom is 0.240 e. The number of anilines is 1. The lowest BCUT2D eigenvalue weighted by Crippen LogP contribution is -2.28. The molecular formula is C18H21N3O3S. The summed E-state index contributed by atoms with van der Waals surface area (Å²) in [4.78, 5) is 16.1. The molecule has 0 saturated carbocycles. The van der Waals surface area contributed by atoms with Gasteiger partial charge in [-0.15, -0.1) is 0 Å². The number of sulfonamides is 1. The zero-order valence-corrected chi connectivity index (χ0v) is 14.7. The van der Waals surface area contributed by atoms with E-state index in [1.807, 2.05) is 6.07 Å². The third-order valence-corrected chi connectivity index (χ3v) is 5.67. The number of fused-ring (bicyclic) bond motifs is 1. The fourth-order valence-electron chi connectivity index (χ4n) is 2.90. The Hall–Kier alpha value is -2.25. The summed E-state index contributed by atoms with van der Waals surface area (Å²) in [5.41, 5.74) is 2.35.